The van der Waals surface area contributed by atoms with Crippen molar-refractivity contribution < 1.29 is 19.2 Å². The number of nitrogens with one attached hydrogen (secondary N) is 2. The molecule has 0 bridgehead atoms. The van der Waals surface area contributed by atoms with E-state index in [1.54, 1.807) is 0 Å². The quantitative estimate of drug-likeness (QED) is 0.621. The average molecular weight is 310 g/mol. The smallest absolute Gasteiger partial charge is 0.223 e. The van der Waals surface area contributed by atoms with Gasteiger partial charge >= 0.3 is 0 Å². The van der Waals surface area contributed by atoms with E-state index in [4.69, 9.17) is 0 Å². The fraction of sp³-hybridized carbons (Fsp3) is 0.750. The maximum Gasteiger partial charge on any atom is 0.223 e. The van der Waals surface area contributed by atoms with E-state index >= 15 is 0 Å². The number of aldehydes is 1. The number of carbonyl (C=O) groups excluding carboxylic acids is 4. The Kier molecular flexibility index (Phi) is 8.40. The first-order valence-electron chi connectivity index (χ1n) is 8.06. The van der Waals surface area contributed by atoms with Gasteiger partial charge in [-0.05, 0) is 31.6 Å². The Hall–Kier alpha value is -1.72. The molecule has 1 rings (SSSR count). The van der Waals surface area contributed by atoms with Crippen LogP contribution in [0.25, 0.3) is 0 Å². The van der Waals surface area contributed by atoms with Crippen molar-refractivity contribution >= 4 is 23.9 Å². The minimum absolute atomic E-state index is 0.0199. The van der Waals surface area contributed by atoms with Gasteiger partial charge in [0.2, 0.25) is 11.8 Å². The second-order valence-electron chi connectivity index (χ2n) is 5.85. The van der Waals surface area contributed by atoms with Gasteiger partial charge in [0.05, 0.1) is 13.1 Å². The molecule has 1 fully saturated rings. The van der Waals surface area contributed by atoms with E-state index in [0.29, 0.717) is 6.29 Å². The third-order valence-corrected chi connectivity index (χ3v) is 4.27. The summed E-state index contributed by atoms with van der Waals surface area (Å²) in [6, 6.07) is 0. The van der Waals surface area contributed by atoms with E-state index in [1.165, 1.54) is 6.42 Å². The summed E-state index contributed by atoms with van der Waals surface area (Å²) in [7, 11) is 0. The van der Waals surface area contributed by atoms with Crippen molar-refractivity contribution in [2.75, 3.05) is 13.1 Å². The molecule has 1 aliphatic carbocycles. The number of hydrogen-bond acceptors (Lipinski definition) is 4. The van der Waals surface area contributed by atoms with E-state index in [-0.39, 0.29) is 49.4 Å². The van der Waals surface area contributed by atoms with Crippen LogP contribution in [0.15, 0.2) is 0 Å². The lowest BCUT2D eigenvalue weighted by molar-refractivity contribution is -0.129. The minimum atomic E-state index is -0.329. The number of rotatable bonds is 9. The Balaban J connectivity index is 2.17. The molecule has 0 aliphatic heterocycles. The predicted molar refractivity (Wildman–Crippen MR) is 82.1 cm³/mol. The second kappa shape index (κ2) is 10.1. The number of carbonyl (C=O) groups is 4. The normalized spacial score (nSPS) is 21.0. The number of ketones is 1. The Labute approximate surface area is 131 Å². The predicted octanol–water partition coefficient (Wildman–Crippen LogP) is 0.983. The van der Waals surface area contributed by atoms with Crippen molar-refractivity contribution in [1.29, 1.82) is 0 Å². The van der Waals surface area contributed by atoms with Crippen LogP contribution in [0.2, 0.25) is 0 Å². The van der Waals surface area contributed by atoms with Gasteiger partial charge in [-0.2, -0.15) is 0 Å². The molecule has 0 atom stereocenters. The third kappa shape index (κ3) is 6.83. The summed E-state index contributed by atoms with van der Waals surface area (Å²) in [5, 5.41) is 5.04. The van der Waals surface area contributed by atoms with E-state index < -0.39 is 0 Å². The van der Waals surface area contributed by atoms with Gasteiger partial charge < -0.3 is 15.4 Å². The summed E-state index contributed by atoms with van der Waals surface area (Å²) >= 11 is 0. The summed E-state index contributed by atoms with van der Waals surface area (Å²) in [6.45, 7) is 2.12. The molecular formula is C16H26N2O4. The maximum atomic E-state index is 12.0. The topological polar surface area (TPSA) is 92.3 Å². The van der Waals surface area contributed by atoms with E-state index in [9.17, 15) is 19.2 Å². The highest BCUT2D eigenvalue weighted by atomic mass is 16.2. The van der Waals surface area contributed by atoms with E-state index in [1.807, 2.05) is 0 Å². The number of amides is 2. The zero-order valence-corrected chi connectivity index (χ0v) is 13.2. The summed E-state index contributed by atoms with van der Waals surface area (Å²) in [6.07, 6.45) is 5.84. The molecule has 124 valence electrons. The fourth-order valence-corrected chi connectivity index (χ4v) is 2.75. The molecule has 0 unspecified atom stereocenters. The summed E-state index contributed by atoms with van der Waals surface area (Å²) < 4.78 is 0. The van der Waals surface area contributed by atoms with Crippen LogP contribution >= 0.6 is 0 Å². The van der Waals surface area contributed by atoms with Crippen LogP contribution < -0.4 is 10.6 Å². The van der Waals surface area contributed by atoms with Crippen LogP contribution in [0, 0.1) is 11.8 Å². The molecule has 6 nitrogen and oxygen atoms in total. The third-order valence-electron chi connectivity index (χ3n) is 4.27. The molecular weight excluding hydrogens is 284 g/mol. The highest BCUT2D eigenvalue weighted by molar-refractivity contribution is 5.89. The molecule has 6 heteroatoms. The fourth-order valence-electron chi connectivity index (χ4n) is 2.75. The van der Waals surface area contributed by atoms with Gasteiger partial charge in [-0.1, -0.05) is 13.3 Å². The van der Waals surface area contributed by atoms with E-state index in [2.05, 4.69) is 17.6 Å². The molecule has 0 aromatic heterocycles. The van der Waals surface area contributed by atoms with Crippen molar-refractivity contribution in [3.05, 3.63) is 0 Å². The van der Waals surface area contributed by atoms with Gasteiger partial charge in [0.15, 0.2) is 5.78 Å². The Morgan fingerprint density at radius 1 is 1.05 bits per heavy atom. The zero-order chi connectivity index (χ0) is 16.4. The Bertz CT molecular complexity index is 401. The van der Waals surface area contributed by atoms with Gasteiger partial charge in [-0.25, -0.2) is 0 Å². The molecule has 1 aliphatic rings. The van der Waals surface area contributed by atoms with Crippen LogP contribution in [-0.4, -0.2) is 37.0 Å². The van der Waals surface area contributed by atoms with Crippen molar-refractivity contribution in [1.82, 2.24) is 10.6 Å². The first-order chi connectivity index (χ1) is 10.6. The van der Waals surface area contributed by atoms with Gasteiger partial charge in [-0.3, -0.25) is 14.4 Å². The molecule has 22 heavy (non-hydrogen) atoms. The van der Waals surface area contributed by atoms with Crippen LogP contribution in [0.4, 0.5) is 0 Å². The zero-order valence-electron chi connectivity index (χ0n) is 13.2. The van der Waals surface area contributed by atoms with Crippen LogP contribution in [0.5, 0.6) is 0 Å². The first-order valence-corrected chi connectivity index (χ1v) is 8.06. The molecule has 1 saturated carbocycles. The first kappa shape index (κ1) is 18.3. The average Bonchev–Trinajstić information content (AvgIpc) is 2.55. The number of hydrogen-bond donors (Lipinski definition) is 2. The molecule has 2 N–H and O–H groups in total. The summed E-state index contributed by atoms with van der Waals surface area (Å²) in [4.78, 5) is 45.0. The van der Waals surface area contributed by atoms with Crippen molar-refractivity contribution in [2.24, 2.45) is 11.8 Å². The molecule has 2 amide bonds. The highest BCUT2D eigenvalue weighted by Gasteiger charge is 2.25. The SMILES string of the molecule is CCC1CCC(C(=O)NCC(=O)CCC(=O)NCC=O)CC1. The molecule has 0 aromatic carbocycles. The lowest BCUT2D eigenvalue weighted by Crippen LogP contribution is -2.36. The van der Waals surface area contributed by atoms with Crippen LogP contribution in [0.1, 0.15) is 51.9 Å². The molecule has 0 aromatic rings. The van der Waals surface area contributed by atoms with Crippen LogP contribution in [0.3, 0.4) is 0 Å². The second-order valence-corrected chi connectivity index (χ2v) is 5.85. The van der Waals surface area contributed by atoms with Crippen molar-refractivity contribution in [3.8, 4) is 0 Å². The lowest BCUT2D eigenvalue weighted by Gasteiger charge is -2.26. The summed E-state index contributed by atoms with van der Waals surface area (Å²) in [5.41, 5.74) is 0. The Morgan fingerprint density at radius 2 is 1.73 bits per heavy atom. The maximum absolute atomic E-state index is 12.0. The monoisotopic (exact) mass is 310 g/mol. The van der Waals surface area contributed by atoms with Crippen molar-refractivity contribution in [3.63, 3.8) is 0 Å². The standard InChI is InChI=1S/C16H26N2O4/c1-2-12-3-5-13(6-4-12)16(22)18-11-14(20)7-8-15(21)17-9-10-19/h10,12-13H,2-9,11H2,1H3,(H,17,21)(H,18,22). The van der Waals surface area contributed by atoms with Gasteiger partial charge in [0.1, 0.15) is 6.29 Å². The van der Waals surface area contributed by atoms with Crippen LogP contribution in [-0.2, 0) is 19.2 Å². The molecule has 0 saturated heterocycles. The minimum Gasteiger partial charge on any atom is -0.349 e. The molecule has 0 spiro atoms. The highest BCUT2D eigenvalue weighted by Crippen LogP contribution is 2.30. The van der Waals surface area contributed by atoms with Gasteiger partial charge in [0.25, 0.3) is 0 Å². The van der Waals surface area contributed by atoms with Gasteiger partial charge in [-0.15, -0.1) is 0 Å². The summed E-state index contributed by atoms with van der Waals surface area (Å²) in [5.74, 6) is 0.205. The molecule has 0 radical (unpaired) electrons. The van der Waals surface area contributed by atoms with Crippen molar-refractivity contribution in [2.45, 2.75) is 51.9 Å². The van der Waals surface area contributed by atoms with E-state index in [0.717, 1.165) is 31.6 Å². The lowest BCUT2D eigenvalue weighted by atomic mass is 9.80. The number of Topliss-reactive ketones (excluding diaryl/α,β-unsaturated/α-hetero) is 1. The molecule has 0 heterocycles. The Morgan fingerprint density at radius 3 is 2.32 bits per heavy atom. The van der Waals surface area contributed by atoms with Gasteiger partial charge in [0, 0.05) is 18.8 Å². The largest absolute Gasteiger partial charge is 0.349 e.